The number of anilines is 3. The molecule has 0 fully saturated rings. The van der Waals surface area contributed by atoms with Crippen LogP contribution in [0.4, 0.5) is 25.8 Å². The molecule has 0 saturated heterocycles. The predicted molar refractivity (Wildman–Crippen MR) is 109 cm³/mol. The summed E-state index contributed by atoms with van der Waals surface area (Å²) < 4.78 is 59.2. The van der Waals surface area contributed by atoms with Gasteiger partial charge in [-0.2, -0.15) is 0 Å². The van der Waals surface area contributed by atoms with Crippen LogP contribution in [-0.2, 0) is 10.0 Å². The first-order valence-corrected chi connectivity index (χ1v) is 10.0. The monoisotopic (exact) mass is 433 g/mol. The van der Waals surface area contributed by atoms with Crippen LogP contribution in [0.1, 0.15) is 10.4 Å². The van der Waals surface area contributed by atoms with Gasteiger partial charge in [-0.15, -0.1) is 0 Å². The molecule has 10 heteroatoms. The number of carbonyl (C=O) groups is 1. The summed E-state index contributed by atoms with van der Waals surface area (Å²) in [7, 11) is -2.67. The van der Waals surface area contributed by atoms with Gasteiger partial charge in [0.15, 0.2) is 11.6 Å². The highest BCUT2D eigenvalue weighted by molar-refractivity contribution is 7.92. The fraction of sp³-hybridized carbons (Fsp3) is 0.0500. The van der Waals surface area contributed by atoms with Crippen molar-refractivity contribution in [2.24, 2.45) is 0 Å². The zero-order chi connectivity index (χ0) is 21.9. The molecule has 0 spiro atoms. The second-order valence-corrected chi connectivity index (χ2v) is 7.86. The quantitative estimate of drug-likeness (QED) is 0.515. The number of amides is 1. The van der Waals surface area contributed by atoms with Gasteiger partial charge in [0.25, 0.3) is 15.9 Å². The normalized spacial score (nSPS) is 11.0. The van der Waals surface area contributed by atoms with Crippen LogP contribution in [0.25, 0.3) is 0 Å². The SMILES string of the molecule is COc1ccc(C(=O)Nc2ccc(F)c(F)c2)cc1NS(=O)(=O)c1cccc(N)c1. The number of halogens is 2. The summed E-state index contributed by atoms with van der Waals surface area (Å²) in [5, 5.41) is 2.41. The predicted octanol–water partition coefficient (Wildman–Crippen LogP) is 3.61. The number of hydrogen-bond donors (Lipinski definition) is 3. The topological polar surface area (TPSA) is 111 Å². The van der Waals surface area contributed by atoms with Gasteiger partial charge in [0, 0.05) is 23.0 Å². The zero-order valence-electron chi connectivity index (χ0n) is 15.6. The first kappa shape index (κ1) is 21.1. The maximum absolute atomic E-state index is 13.3. The maximum atomic E-state index is 13.3. The molecule has 7 nitrogen and oxygen atoms in total. The van der Waals surface area contributed by atoms with E-state index in [2.05, 4.69) is 10.0 Å². The van der Waals surface area contributed by atoms with E-state index in [0.29, 0.717) is 0 Å². The maximum Gasteiger partial charge on any atom is 0.262 e. The lowest BCUT2D eigenvalue weighted by Gasteiger charge is -2.14. The molecule has 0 aromatic heterocycles. The Kier molecular flexibility index (Phi) is 5.88. The molecule has 0 aliphatic carbocycles. The van der Waals surface area contributed by atoms with Crippen molar-refractivity contribution in [1.29, 1.82) is 0 Å². The zero-order valence-corrected chi connectivity index (χ0v) is 16.5. The number of methoxy groups -OCH3 is 1. The number of nitrogen functional groups attached to an aromatic ring is 1. The van der Waals surface area contributed by atoms with Crippen LogP contribution in [0.5, 0.6) is 5.75 Å². The smallest absolute Gasteiger partial charge is 0.262 e. The first-order chi connectivity index (χ1) is 14.2. The van der Waals surface area contributed by atoms with Crippen molar-refractivity contribution < 1.29 is 26.7 Å². The van der Waals surface area contributed by atoms with Crippen LogP contribution in [0.3, 0.4) is 0 Å². The molecule has 3 aromatic carbocycles. The summed E-state index contributed by atoms with van der Waals surface area (Å²) in [6, 6.07) is 12.7. The number of sulfonamides is 1. The third-order valence-electron chi connectivity index (χ3n) is 4.05. The van der Waals surface area contributed by atoms with Crippen molar-refractivity contribution in [3.8, 4) is 5.75 Å². The number of carbonyl (C=O) groups excluding carboxylic acids is 1. The number of ether oxygens (including phenoxy) is 1. The molecule has 0 aliphatic rings. The lowest BCUT2D eigenvalue weighted by molar-refractivity contribution is 0.102. The van der Waals surface area contributed by atoms with Gasteiger partial charge in [-0.05, 0) is 48.5 Å². The molecule has 3 rings (SSSR count). The Morgan fingerprint density at radius 3 is 2.43 bits per heavy atom. The van der Waals surface area contributed by atoms with Crippen molar-refractivity contribution in [3.63, 3.8) is 0 Å². The Bertz CT molecular complexity index is 1220. The second kappa shape index (κ2) is 8.37. The average Bonchev–Trinajstić information content (AvgIpc) is 2.70. The molecule has 1 amide bonds. The van der Waals surface area contributed by atoms with E-state index in [4.69, 9.17) is 10.5 Å². The summed E-state index contributed by atoms with van der Waals surface area (Å²) in [4.78, 5) is 12.4. The number of rotatable bonds is 6. The molecule has 3 aromatic rings. The van der Waals surface area contributed by atoms with Gasteiger partial charge in [0.1, 0.15) is 5.75 Å². The van der Waals surface area contributed by atoms with Crippen molar-refractivity contribution in [3.05, 3.63) is 77.9 Å². The number of benzene rings is 3. The van der Waals surface area contributed by atoms with Crippen LogP contribution in [0.15, 0.2) is 65.6 Å². The number of hydrogen-bond acceptors (Lipinski definition) is 5. The van der Waals surface area contributed by atoms with Crippen LogP contribution < -0.4 is 20.5 Å². The molecular formula is C20H17F2N3O4S. The van der Waals surface area contributed by atoms with Crippen LogP contribution in [0, 0.1) is 11.6 Å². The molecule has 30 heavy (non-hydrogen) atoms. The van der Waals surface area contributed by atoms with E-state index in [1.807, 2.05) is 0 Å². The Morgan fingerprint density at radius 2 is 1.77 bits per heavy atom. The molecular weight excluding hydrogens is 416 g/mol. The van der Waals surface area contributed by atoms with Crippen molar-refractivity contribution >= 4 is 33.0 Å². The first-order valence-electron chi connectivity index (χ1n) is 8.52. The van der Waals surface area contributed by atoms with E-state index in [1.54, 1.807) is 6.07 Å². The highest BCUT2D eigenvalue weighted by Gasteiger charge is 2.19. The minimum Gasteiger partial charge on any atom is -0.495 e. The molecule has 0 unspecified atom stereocenters. The molecule has 0 saturated carbocycles. The molecule has 0 radical (unpaired) electrons. The summed E-state index contributed by atoms with van der Waals surface area (Å²) in [6.07, 6.45) is 0. The Morgan fingerprint density at radius 1 is 1.00 bits per heavy atom. The van der Waals surface area contributed by atoms with Gasteiger partial charge < -0.3 is 15.8 Å². The number of nitrogens with two attached hydrogens (primary N) is 1. The van der Waals surface area contributed by atoms with Crippen molar-refractivity contribution in [2.45, 2.75) is 4.90 Å². The van der Waals surface area contributed by atoms with E-state index in [-0.39, 0.29) is 33.3 Å². The molecule has 0 atom stereocenters. The van der Waals surface area contributed by atoms with Crippen LogP contribution in [-0.4, -0.2) is 21.4 Å². The third kappa shape index (κ3) is 4.66. The van der Waals surface area contributed by atoms with Crippen LogP contribution >= 0.6 is 0 Å². The lowest BCUT2D eigenvalue weighted by atomic mass is 10.1. The highest BCUT2D eigenvalue weighted by Crippen LogP contribution is 2.29. The molecule has 0 heterocycles. The van der Waals surface area contributed by atoms with Crippen molar-refractivity contribution in [2.75, 3.05) is 22.9 Å². The highest BCUT2D eigenvalue weighted by atomic mass is 32.2. The van der Waals surface area contributed by atoms with Gasteiger partial charge in [-0.1, -0.05) is 6.07 Å². The third-order valence-corrected chi connectivity index (χ3v) is 5.42. The largest absolute Gasteiger partial charge is 0.495 e. The fourth-order valence-electron chi connectivity index (χ4n) is 2.59. The lowest BCUT2D eigenvalue weighted by Crippen LogP contribution is -2.16. The standard InChI is InChI=1S/C20H17F2N3O4S/c1-29-19-8-5-12(20(26)24-14-6-7-16(21)17(22)11-14)9-18(19)25-30(27,28)15-4-2-3-13(23)10-15/h2-11,25H,23H2,1H3,(H,24,26). The van der Waals surface area contributed by atoms with E-state index < -0.39 is 27.6 Å². The minimum absolute atomic E-state index is 0.0119. The summed E-state index contributed by atoms with van der Waals surface area (Å²) in [5.74, 6) is -2.64. The Balaban J connectivity index is 1.89. The summed E-state index contributed by atoms with van der Waals surface area (Å²) in [6.45, 7) is 0. The van der Waals surface area contributed by atoms with Crippen LogP contribution in [0.2, 0.25) is 0 Å². The van der Waals surface area contributed by atoms with Gasteiger partial charge in [0.2, 0.25) is 0 Å². The number of nitrogens with one attached hydrogen (secondary N) is 2. The van der Waals surface area contributed by atoms with E-state index in [1.165, 1.54) is 49.6 Å². The molecule has 4 N–H and O–H groups in total. The molecule has 156 valence electrons. The molecule has 0 aliphatic heterocycles. The van der Waals surface area contributed by atoms with E-state index >= 15 is 0 Å². The average molecular weight is 433 g/mol. The van der Waals surface area contributed by atoms with Crippen molar-refractivity contribution in [1.82, 2.24) is 0 Å². The van der Waals surface area contributed by atoms with Gasteiger partial charge in [0.05, 0.1) is 17.7 Å². The van der Waals surface area contributed by atoms with Gasteiger partial charge >= 0.3 is 0 Å². The van der Waals surface area contributed by atoms with E-state index in [9.17, 15) is 22.0 Å². The summed E-state index contributed by atoms with van der Waals surface area (Å²) >= 11 is 0. The summed E-state index contributed by atoms with van der Waals surface area (Å²) in [5.41, 5.74) is 6.02. The Hall–Kier alpha value is -3.66. The Labute approximate surface area is 171 Å². The second-order valence-electron chi connectivity index (χ2n) is 6.18. The fourth-order valence-corrected chi connectivity index (χ4v) is 3.71. The minimum atomic E-state index is -4.01. The van der Waals surface area contributed by atoms with Gasteiger partial charge in [-0.3, -0.25) is 9.52 Å². The van der Waals surface area contributed by atoms with E-state index in [0.717, 1.165) is 12.1 Å². The van der Waals surface area contributed by atoms with Gasteiger partial charge in [-0.25, -0.2) is 17.2 Å². The molecule has 0 bridgehead atoms.